The van der Waals surface area contributed by atoms with Crippen LogP contribution < -0.4 is 15.4 Å². The fourth-order valence-electron chi connectivity index (χ4n) is 3.88. The highest BCUT2D eigenvalue weighted by Gasteiger charge is 2.26. The molecule has 4 rings (SSSR count). The molecule has 2 heterocycles. The quantitative estimate of drug-likeness (QED) is 0.601. The first kappa shape index (κ1) is 20.0. The summed E-state index contributed by atoms with van der Waals surface area (Å²) in [6.07, 6.45) is 1.46. The Morgan fingerprint density at radius 2 is 2.10 bits per heavy atom. The second-order valence-corrected chi connectivity index (χ2v) is 7.63. The number of fused-ring (bicyclic) bond motifs is 2. The minimum atomic E-state index is -0.278. The van der Waals surface area contributed by atoms with E-state index in [-0.39, 0.29) is 30.2 Å². The van der Waals surface area contributed by atoms with Crippen LogP contribution in [0.25, 0.3) is 11.0 Å². The molecule has 0 bridgehead atoms. The van der Waals surface area contributed by atoms with E-state index in [1.165, 1.54) is 0 Å². The lowest BCUT2D eigenvalue weighted by Gasteiger charge is -2.24. The second-order valence-electron chi connectivity index (χ2n) is 7.63. The molecule has 0 saturated carbocycles. The van der Waals surface area contributed by atoms with Gasteiger partial charge < -0.3 is 19.8 Å². The number of hydrogen-bond donors (Lipinski definition) is 2. The van der Waals surface area contributed by atoms with Gasteiger partial charge in [0.15, 0.2) is 11.3 Å². The zero-order valence-corrected chi connectivity index (χ0v) is 17.2. The maximum Gasteiger partial charge on any atom is 0.227 e. The van der Waals surface area contributed by atoms with Gasteiger partial charge in [-0.1, -0.05) is 30.3 Å². The van der Waals surface area contributed by atoms with E-state index in [4.69, 9.17) is 9.15 Å². The zero-order chi connectivity index (χ0) is 21.1. The second kappa shape index (κ2) is 8.61. The largest absolute Gasteiger partial charge is 0.490 e. The van der Waals surface area contributed by atoms with Crippen LogP contribution in [0.4, 0.5) is 5.69 Å². The smallest absolute Gasteiger partial charge is 0.227 e. The number of nitrogens with one attached hydrogen (secondary N) is 2. The SMILES string of the molecule is CCOc1cccc2cc(C(C)NC(=O)CCC3Cc4ccccc4NC3=O)oc12. The van der Waals surface area contributed by atoms with Crippen LogP contribution in [-0.2, 0) is 16.0 Å². The summed E-state index contributed by atoms with van der Waals surface area (Å²) in [5.74, 6) is 1.06. The molecule has 0 saturated heterocycles. The molecule has 156 valence electrons. The summed E-state index contributed by atoms with van der Waals surface area (Å²) in [7, 11) is 0. The third-order valence-corrected chi connectivity index (χ3v) is 5.46. The molecule has 1 aromatic heterocycles. The van der Waals surface area contributed by atoms with Crippen molar-refractivity contribution in [3.63, 3.8) is 0 Å². The monoisotopic (exact) mass is 406 g/mol. The Kier molecular flexibility index (Phi) is 5.74. The van der Waals surface area contributed by atoms with Gasteiger partial charge in [0.05, 0.1) is 12.6 Å². The van der Waals surface area contributed by atoms with Crippen molar-refractivity contribution in [1.82, 2.24) is 5.32 Å². The number of carbonyl (C=O) groups excluding carboxylic acids is 2. The van der Waals surface area contributed by atoms with E-state index in [0.29, 0.717) is 36.5 Å². The molecule has 3 aromatic rings. The fraction of sp³-hybridized carbons (Fsp3) is 0.333. The Morgan fingerprint density at radius 1 is 1.27 bits per heavy atom. The maximum atomic E-state index is 12.5. The van der Waals surface area contributed by atoms with Crippen LogP contribution in [0.1, 0.15) is 44.1 Å². The minimum Gasteiger partial charge on any atom is -0.490 e. The molecule has 2 N–H and O–H groups in total. The van der Waals surface area contributed by atoms with Gasteiger partial charge in [-0.15, -0.1) is 0 Å². The molecule has 1 aliphatic heterocycles. The average Bonchev–Trinajstić information content (AvgIpc) is 3.18. The van der Waals surface area contributed by atoms with Crippen molar-refractivity contribution >= 4 is 28.5 Å². The Balaban J connectivity index is 1.36. The molecule has 2 unspecified atom stereocenters. The van der Waals surface area contributed by atoms with Gasteiger partial charge in [-0.25, -0.2) is 0 Å². The highest BCUT2D eigenvalue weighted by atomic mass is 16.5. The Labute approximate surface area is 175 Å². The predicted molar refractivity (Wildman–Crippen MR) is 115 cm³/mol. The van der Waals surface area contributed by atoms with Crippen molar-refractivity contribution in [3.8, 4) is 5.75 Å². The Morgan fingerprint density at radius 3 is 2.93 bits per heavy atom. The van der Waals surface area contributed by atoms with E-state index < -0.39 is 0 Å². The zero-order valence-electron chi connectivity index (χ0n) is 17.2. The Hall–Kier alpha value is -3.28. The van der Waals surface area contributed by atoms with Gasteiger partial charge in [-0.2, -0.15) is 0 Å². The topological polar surface area (TPSA) is 80.6 Å². The molecule has 2 aromatic carbocycles. The van der Waals surface area contributed by atoms with Gasteiger partial charge in [-0.05, 0) is 50.5 Å². The van der Waals surface area contributed by atoms with E-state index in [9.17, 15) is 9.59 Å². The molecular formula is C24H26N2O4. The molecule has 6 heteroatoms. The van der Waals surface area contributed by atoms with Gasteiger partial charge in [0, 0.05) is 23.4 Å². The first-order valence-electron chi connectivity index (χ1n) is 10.4. The molecule has 0 spiro atoms. The number of para-hydroxylation sites is 2. The summed E-state index contributed by atoms with van der Waals surface area (Å²) in [4.78, 5) is 24.8. The lowest BCUT2D eigenvalue weighted by Crippen LogP contribution is -2.32. The summed E-state index contributed by atoms with van der Waals surface area (Å²) in [5.41, 5.74) is 2.67. The van der Waals surface area contributed by atoms with Crippen molar-refractivity contribution in [3.05, 3.63) is 59.9 Å². The molecular weight excluding hydrogens is 380 g/mol. The maximum absolute atomic E-state index is 12.5. The molecule has 0 aliphatic carbocycles. The molecule has 2 atom stereocenters. The van der Waals surface area contributed by atoms with Gasteiger partial charge in [0.2, 0.25) is 11.8 Å². The Bertz CT molecular complexity index is 1070. The van der Waals surface area contributed by atoms with Crippen molar-refractivity contribution in [2.75, 3.05) is 11.9 Å². The molecule has 0 fully saturated rings. The lowest BCUT2D eigenvalue weighted by molar-refractivity contribution is -0.123. The third-order valence-electron chi connectivity index (χ3n) is 5.46. The summed E-state index contributed by atoms with van der Waals surface area (Å²) in [6, 6.07) is 15.2. The number of amides is 2. The first-order valence-corrected chi connectivity index (χ1v) is 10.4. The number of anilines is 1. The first-order chi connectivity index (χ1) is 14.5. The van der Waals surface area contributed by atoms with Gasteiger partial charge in [0.1, 0.15) is 5.76 Å². The predicted octanol–water partition coefficient (Wildman–Crippen LogP) is 4.60. The van der Waals surface area contributed by atoms with Crippen LogP contribution in [0, 0.1) is 5.92 Å². The van der Waals surface area contributed by atoms with Crippen LogP contribution in [0.15, 0.2) is 52.9 Å². The van der Waals surface area contributed by atoms with E-state index in [2.05, 4.69) is 10.6 Å². The fourth-order valence-corrected chi connectivity index (χ4v) is 3.88. The molecule has 30 heavy (non-hydrogen) atoms. The van der Waals surface area contributed by atoms with E-state index in [1.54, 1.807) is 0 Å². The van der Waals surface area contributed by atoms with Crippen LogP contribution in [0.2, 0.25) is 0 Å². The highest BCUT2D eigenvalue weighted by Crippen LogP contribution is 2.31. The summed E-state index contributed by atoms with van der Waals surface area (Å²) >= 11 is 0. The van der Waals surface area contributed by atoms with E-state index in [1.807, 2.05) is 62.4 Å². The number of benzene rings is 2. The van der Waals surface area contributed by atoms with Crippen molar-refractivity contribution in [2.24, 2.45) is 5.92 Å². The van der Waals surface area contributed by atoms with Crippen LogP contribution in [0.3, 0.4) is 0 Å². The third kappa shape index (κ3) is 4.17. The summed E-state index contributed by atoms with van der Waals surface area (Å²) in [5, 5.41) is 6.85. The standard InChI is InChI=1S/C24H26N2O4/c1-3-29-20-10-6-8-17-14-21(30-23(17)20)15(2)25-22(27)12-11-18-13-16-7-4-5-9-19(16)26-24(18)28/h4-10,14-15,18H,3,11-13H2,1-2H3,(H,25,27)(H,26,28). The van der Waals surface area contributed by atoms with Crippen molar-refractivity contribution < 1.29 is 18.7 Å². The molecule has 2 amide bonds. The number of carbonyl (C=O) groups is 2. The molecule has 1 aliphatic rings. The van der Waals surface area contributed by atoms with Crippen molar-refractivity contribution in [1.29, 1.82) is 0 Å². The van der Waals surface area contributed by atoms with Crippen molar-refractivity contribution in [2.45, 2.75) is 39.2 Å². The number of furan rings is 1. The highest BCUT2D eigenvalue weighted by molar-refractivity contribution is 5.96. The normalized spacial score (nSPS) is 16.6. The average molecular weight is 406 g/mol. The van der Waals surface area contributed by atoms with E-state index in [0.717, 1.165) is 16.6 Å². The van der Waals surface area contributed by atoms with Crippen LogP contribution >= 0.6 is 0 Å². The van der Waals surface area contributed by atoms with Crippen LogP contribution in [-0.4, -0.2) is 18.4 Å². The van der Waals surface area contributed by atoms with Gasteiger partial charge >= 0.3 is 0 Å². The van der Waals surface area contributed by atoms with Crippen LogP contribution in [0.5, 0.6) is 5.75 Å². The molecule has 6 nitrogen and oxygen atoms in total. The number of rotatable bonds is 7. The summed E-state index contributed by atoms with van der Waals surface area (Å²) in [6.45, 7) is 4.37. The minimum absolute atomic E-state index is 0.0183. The lowest BCUT2D eigenvalue weighted by atomic mass is 9.89. The van der Waals surface area contributed by atoms with Gasteiger partial charge in [-0.3, -0.25) is 9.59 Å². The number of hydrogen-bond acceptors (Lipinski definition) is 4. The van der Waals surface area contributed by atoms with Gasteiger partial charge in [0.25, 0.3) is 0 Å². The van der Waals surface area contributed by atoms with E-state index >= 15 is 0 Å². The molecule has 0 radical (unpaired) electrons. The number of ether oxygens (including phenoxy) is 1. The summed E-state index contributed by atoms with van der Waals surface area (Å²) < 4.78 is 11.6.